The second kappa shape index (κ2) is 12.6. The van der Waals surface area contributed by atoms with E-state index in [1.54, 1.807) is 0 Å². The molecule has 2 unspecified atom stereocenters. The van der Waals surface area contributed by atoms with Crippen molar-refractivity contribution in [1.29, 1.82) is 0 Å². The maximum absolute atomic E-state index is 11.5. The highest BCUT2D eigenvalue weighted by molar-refractivity contribution is 7.20. The van der Waals surface area contributed by atoms with Crippen molar-refractivity contribution in [2.45, 2.75) is 96.1 Å². The summed E-state index contributed by atoms with van der Waals surface area (Å²) in [7, 11) is 4.10. The Hall–Kier alpha value is -0.100. The summed E-state index contributed by atoms with van der Waals surface area (Å²) in [6.07, 6.45) is 15.6. The quantitative estimate of drug-likeness (QED) is 0.255. The maximum atomic E-state index is 11.5. The van der Waals surface area contributed by atoms with Crippen molar-refractivity contribution in [3.63, 3.8) is 0 Å². The summed E-state index contributed by atoms with van der Waals surface area (Å²) in [5, 5.41) is -0.395. The van der Waals surface area contributed by atoms with Crippen molar-refractivity contribution in [1.82, 2.24) is 0 Å². The van der Waals surface area contributed by atoms with Gasteiger partial charge in [0.1, 0.15) is 0 Å². The van der Waals surface area contributed by atoms with Gasteiger partial charge in [0, 0.05) is 0 Å². The number of unbranched alkanes of at least 4 members (excludes halogenated alkanes) is 10. The first-order chi connectivity index (χ1) is 9.54. The van der Waals surface area contributed by atoms with Gasteiger partial charge in [0.05, 0.1) is 12.3 Å². The molecule has 0 saturated carbocycles. The fourth-order valence-electron chi connectivity index (χ4n) is 2.49. The molecule has 0 saturated heterocycles. The summed E-state index contributed by atoms with van der Waals surface area (Å²) in [4.78, 5) is 11.5. The minimum Gasteiger partial charge on any atom is -0.468 e. The Bertz CT molecular complexity index is 239. The molecule has 0 aliphatic carbocycles. The molecule has 0 fully saturated rings. The average molecular weight is 302 g/mol. The van der Waals surface area contributed by atoms with Crippen LogP contribution in [0, 0.1) is 0 Å². The van der Waals surface area contributed by atoms with Crippen LogP contribution in [0.3, 0.4) is 0 Å². The number of rotatable bonds is 13. The molecule has 2 atom stereocenters. The number of esters is 1. The lowest BCUT2D eigenvalue weighted by Gasteiger charge is -2.20. The molecule has 0 aromatic rings. The van der Waals surface area contributed by atoms with Crippen molar-refractivity contribution in [2.75, 3.05) is 7.11 Å². The molecule has 0 spiro atoms. The van der Waals surface area contributed by atoms with E-state index in [2.05, 4.69) is 16.2 Å². The van der Waals surface area contributed by atoms with E-state index in [9.17, 15) is 4.79 Å². The number of ether oxygens (including phenoxy) is 1. The van der Waals surface area contributed by atoms with Gasteiger partial charge >= 0.3 is 5.97 Å². The molecule has 0 aliphatic heterocycles. The van der Waals surface area contributed by atoms with Gasteiger partial charge in [0.25, 0.3) is 0 Å². The Morgan fingerprint density at radius 1 is 0.900 bits per heavy atom. The van der Waals surface area contributed by atoms with E-state index in [0.29, 0.717) is 0 Å². The highest BCUT2D eigenvalue weighted by atomic mass is 31.0. The lowest BCUT2D eigenvalue weighted by molar-refractivity contribution is -0.143. The second-order valence-corrected chi connectivity index (χ2v) is 7.47. The fraction of sp³-hybridized carbons (Fsp3) is 0.941. The van der Waals surface area contributed by atoms with Gasteiger partial charge in [-0.25, -0.2) is 0 Å². The number of methoxy groups -OCH3 is 1. The predicted molar refractivity (Wildman–Crippen MR) is 91.2 cm³/mol. The van der Waals surface area contributed by atoms with Crippen LogP contribution < -0.4 is 0 Å². The van der Waals surface area contributed by atoms with Crippen LogP contribution in [0.5, 0.6) is 0 Å². The molecule has 0 aromatic heterocycles. The molecule has 120 valence electrons. The molecule has 0 aromatic carbocycles. The first-order valence-corrected chi connectivity index (χ1v) is 8.99. The van der Waals surface area contributed by atoms with Gasteiger partial charge < -0.3 is 4.74 Å². The van der Waals surface area contributed by atoms with Crippen molar-refractivity contribution in [2.24, 2.45) is 0 Å². The molecule has 3 heteroatoms. The molecule has 0 amide bonds. The fourth-order valence-corrected chi connectivity index (χ4v) is 2.81. The summed E-state index contributed by atoms with van der Waals surface area (Å²) in [5.41, 5.74) is 0. The summed E-state index contributed by atoms with van der Waals surface area (Å²) in [6.45, 7) is 4.21. The lowest BCUT2D eigenvalue weighted by atomic mass is 10.0. The monoisotopic (exact) mass is 302 g/mol. The third-order valence-electron chi connectivity index (χ3n) is 3.95. The van der Waals surface area contributed by atoms with Crippen LogP contribution >= 0.6 is 9.24 Å². The van der Waals surface area contributed by atoms with Crippen molar-refractivity contribution >= 4 is 15.2 Å². The second-order valence-electron chi connectivity index (χ2n) is 6.19. The number of hydrogen-bond donors (Lipinski definition) is 0. The van der Waals surface area contributed by atoms with Gasteiger partial charge in [-0.2, -0.15) is 0 Å². The summed E-state index contributed by atoms with van der Waals surface area (Å²) >= 11 is 0. The number of carbonyl (C=O) groups is 1. The predicted octanol–water partition coefficient (Wildman–Crippen LogP) is 5.49. The Balaban J connectivity index is 3.30. The van der Waals surface area contributed by atoms with E-state index in [4.69, 9.17) is 4.74 Å². The highest BCUT2D eigenvalue weighted by Crippen LogP contribution is 2.26. The van der Waals surface area contributed by atoms with Gasteiger partial charge in [-0.05, 0) is 13.3 Å². The lowest BCUT2D eigenvalue weighted by Crippen LogP contribution is -2.29. The first-order valence-electron chi connectivity index (χ1n) is 8.42. The van der Waals surface area contributed by atoms with Gasteiger partial charge in [-0.1, -0.05) is 77.6 Å². The SMILES string of the molecule is CCCCCCCCCCCCCC(C)(P)C(=O)OC. The largest absolute Gasteiger partial charge is 0.468 e. The van der Waals surface area contributed by atoms with Crippen LogP contribution in [0.15, 0.2) is 0 Å². The number of hydrogen-bond acceptors (Lipinski definition) is 2. The average Bonchev–Trinajstić information content (AvgIpc) is 2.43. The van der Waals surface area contributed by atoms with Crippen LogP contribution in [0.4, 0.5) is 0 Å². The molecule has 0 heterocycles. The van der Waals surface area contributed by atoms with Crippen LogP contribution in [0.1, 0.15) is 90.9 Å². The van der Waals surface area contributed by atoms with E-state index in [-0.39, 0.29) is 5.97 Å². The molecule has 2 nitrogen and oxygen atoms in total. The Labute approximate surface area is 128 Å². The molecule has 0 radical (unpaired) electrons. The van der Waals surface area contributed by atoms with E-state index in [0.717, 1.165) is 12.8 Å². The summed E-state index contributed by atoms with van der Waals surface area (Å²) in [6, 6.07) is 0. The van der Waals surface area contributed by atoms with Gasteiger partial charge in [-0.3, -0.25) is 4.79 Å². The number of carbonyl (C=O) groups excluding carboxylic acids is 1. The topological polar surface area (TPSA) is 26.3 Å². The van der Waals surface area contributed by atoms with Crippen LogP contribution in [0.2, 0.25) is 0 Å². The molecule has 20 heavy (non-hydrogen) atoms. The zero-order chi connectivity index (χ0) is 15.3. The van der Waals surface area contributed by atoms with Gasteiger partial charge in [-0.15, -0.1) is 9.24 Å². The van der Waals surface area contributed by atoms with Crippen molar-refractivity contribution < 1.29 is 9.53 Å². The van der Waals surface area contributed by atoms with E-state index >= 15 is 0 Å². The molecule has 0 N–H and O–H groups in total. The normalized spacial score (nSPS) is 14.0. The third-order valence-corrected chi connectivity index (χ3v) is 4.48. The maximum Gasteiger partial charge on any atom is 0.315 e. The van der Waals surface area contributed by atoms with Gasteiger partial charge in [0.15, 0.2) is 0 Å². The molecule has 0 rings (SSSR count). The smallest absolute Gasteiger partial charge is 0.315 e. The zero-order valence-corrected chi connectivity index (χ0v) is 15.0. The summed E-state index contributed by atoms with van der Waals surface area (Å²) in [5.74, 6) is -0.116. The molecule has 0 aliphatic rings. The zero-order valence-electron chi connectivity index (χ0n) is 13.9. The first kappa shape index (κ1) is 19.9. The Morgan fingerprint density at radius 3 is 1.70 bits per heavy atom. The van der Waals surface area contributed by atoms with E-state index in [1.807, 2.05) is 6.92 Å². The Kier molecular flexibility index (Phi) is 12.6. The summed E-state index contributed by atoms with van der Waals surface area (Å²) < 4.78 is 4.81. The molecular formula is C17H35O2P. The van der Waals surface area contributed by atoms with E-state index in [1.165, 1.54) is 71.3 Å². The van der Waals surface area contributed by atoms with Crippen LogP contribution in [-0.2, 0) is 9.53 Å². The van der Waals surface area contributed by atoms with Crippen molar-refractivity contribution in [3.05, 3.63) is 0 Å². The minimum absolute atomic E-state index is 0.116. The Morgan fingerprint density at radius 2 is 1.30 bits per heavy atom. The van der Waals surface area contributed by atoms with Crippen LogP contribution in [-0.4, -0.2) is 18.2 Å². The van der Waals surface area contributed by atoms with E-state index < -0.39 is 5.16 Å². The third kappa shape index (κ3) is 10.7. The standard InChI is InChI=1S/C17H35O2P/c1-4-5-6-7-8-9-10-11-12-13-14-15-17(2,20)16(18)19-3/h4-15,20H2,1-3H3. The van der Waals surface area contributed by atoms with Gasteiger partial charge in [0.2, 0.25) is 0 Å². The highest BCUT2D eigenvalue weighted by Gasteiger charge is 2.27. The van der Waals surface area contributed by atoms with Crippen molar-refractivity contribution in [3.8, 4) is 0 Å². The minimum atomic E-state index is -0.395. The molecule has 0 bridgehead atoms. The molecular weight excluding hydrogens is 267 g/mol. The van der Waals surface area contributed by atoms with Crippen LogP contribution in [0.25, 0.3) is 0 Å².